The minimum atomic E-state index is -3.69. The molecule has 0 aliphatic heterocycles. The van der Waals surface area contributed by atoms with Gasteiger partial charge in [0.25, 0.3) is 10.1 Å². The summed E-state index contributed by atoms with van der Waals surface area (Å²) in [5.74, 6) is 0. The van der Waals surface area contributed by atoms with E-state index in [0.717, 1.165) is 30.0 Å². The van der Waals surface area contributed by atoms with E-state index in [9.17, 15) is 8.42 Å². The van der Waals surface area contributed by atoms with Crippen molar-refractivity contribution in [1.82, 2.24) is 0 Å². The quantitative estimate of drug-likeness (QED) is 0.257. The molecule has 26 heavy (non-hydrogen) atoms. The first-order valence-corrected chi connectivity index (χ1v) is 10.9. The summed E-state index contributed by atoms with van der Waals surface area (Å²) in [6.07, 6.45) is 10.8. The van der Waals surface area contributed by atoms with Crippen molar-refractivity contribution in [1.29, 1.82) is 0 Å². The van der Waals surface area contributed by atoms with Crippen molar-refractivity contribution < 1.29 is 15.5 Å². The van der Waals surface area contributed by atoms with Crippen LogP contribution in [0.1, 0.15) is 67.6 Å². The van der Waals surface area contributed by atoms with Crippen LogP contribution in [0.25, 0.3) is 10.8 Å². The molecule has 0 heterocycles. The fourth-order valence-electron chi connectivity index (χ4n) is 3.06. The molecule has 0 spiro atoms. The SMILES string of the molecule is CCCCCCCCCCCOS(=O)(=O)c1cccc2ccccc12.[H-].[H-].[Mg+2]. The number of benzene rings is 2. The van der Waals surface area contributed by atoms with Crippen LogP contribution >= 0.6 is 0 Å². The fourth-order valence-corrected chi connectivity index (χ4v) is 4.22. The first-order chi connectivity index (χ1) is 12.1. The third-order valence-electron chi connectivity index (χ3n) is 4.51. The monoisotopic (exact) mass is 388 g/mol. The summed E-state index contributed by atoms with van der Waals surface area (Å²) in [6, 6.07) is 12.8. The molecule has 0 bridgehead atoms. The minimum Gasteiger partial charge on any atom is -1.00 e. The Bertz CT molecular complexity index is 749. The average Bonchev–Trinajstić information content (AvgIpc) is 2.62. The standard InChI is InChI=1S/C21H30O3S.Mg.2H/c1-2-3-4-5-6-7-8-9-12-18-24-25(22,23)21-17-13-15-19-14-10-11-16-20(19)21;;;/h10-11,13-17H,2-9,12,18H2,1H3;;;/q;+2;2*-1. The van der Waals surface area contributed by atoms with Gasteiger partial charge in [0, 0.05) is 5.39 Å². The van der Waals surface area contributed by atoms with E-state index in [2.05, 4.69) is 6.92 Å². The summed E-state index contributed by atoms with van der Waals surface area (Å²) in [7, 11) is -3.69. The van der Waals surface area contributed by atoms with Gasteiger partial charge in [-0.15, -0.1) is 0 Å². The molecule has 5 heteroatoms. The third-order valence-corrected chi connectivity index (χ3v) is 5.88. The van der Waals surface area contributed by atoms with Gasteiger partial charge in [-0.2, -0.15) is 8.42 Å². The zero-order chi connectivity index (χ0) is 18.0. The molecule has 0 amide bonds. The van der Waals surface area contributed by atoms with E-state index in [4.69, 9.17) is 4.18 Å². The van der Waals surface area contributed by atoms with Crippen LogP contribution in [0.2, 0.25) is 0 Å². The predicted molar refractivity (Wildman–Crippen MR) is 112 cm³/mol. The Hall–Kier alpha value is -0.624. The van der Waals surface area contributed by atoms with Gasteiger partial charge in [-0.25, -0.2) is 0 Å². The van der Waals surface area contributed by atoms with E-state index in [1.807, 2.05) is 30.3 Å². The maximum absolute atomic E-state index is 12.5. The molecular weight excluding hydrogens is 357 g/mol. The van der Waals surface area contributed by atoms with Crippen LogP contribution < -0.4 is 0 Å². The maximum Gasteiger partial charge on any atom is 2.00 e. The predicted octanol–water partition coefficient (Wildman–Crippen LogP) is 5.92. The first-order valence-electron chi connectivity index (χ1n) is 9.52. The van der Waals surface area contributed by atoms with E-state index >= 15 is 0 Å². The van der Waals surface area contributed by atoms with E-state index < -0.39 is 10.1 Å². The van der Waals surface area contributed by atoms with Crippen LogP contribution in [-0.2, 0) is 14.3 Å². The molecule has 0 N–H and O–H groups in total. The summed E-state index contributed by atoms with van der Waals surface area (Å²) in [6.45, 7) is 2.49. The van der Waals surface area contributed by atoms with Crippen LogP contribution in [0.4, 0.5) is 0 Å². The molecule has 0 aliphatic carbocycles. The van der Waals surface area contributed by atoms with E-state index in [-0.39, 0.29) is 37.4 Å². The smallest absolute Gasteiger partial charge is 1.00 e. The average molecular weight is 389 g/mol. The zero-order valence-corrected chi connectivity index (χ0v) is 18.2. The Kier molecular flexibility index (Phi) is 11.4. The second kappa shape index (κ2) is 12.7. The molecule has 2 rings (SSSR count). The van der Waals surface area contributed by atoms with Crippen LogP contribution in [-0.4, -0.2) is 38.1 Å². The molecule has 2 aromatic carbocycles. The Balaban J connectivity index is 0. The second-order valence-electron chi connectivity index (χ2n) is 6.58. The Labute approximate surface area is 177 Å². The molecule has 2 aromatic rings. The summed E-state index contributed by atoms with van der Waals surface area (Å²) < 4.78 is 30.2. The first kappa shape index (κ1) is 23.4. The summed E-state index contributed by atoms with van der Waals surface area (Å²) >= 11 is 0. The van der Waals surface area contributed by atoms with Gasteiger partial charge in [-0.1, -0.05) is 94.7 Å². The van der Waals surface area contributed by atoms with Crippen LogP contribution in [0, 0.1) is 0 Å². The fraction of sp³-hybridized carbons (Fsp3) is 0.524. The zero-order valence-electron chi connectivity index (χ0n) is 18.0. The molecule has 0 saturated heterocycles. The number of hydrogen-bond donors (Lipinski definition) is 0. The molecule has 0 aliphatic rings. The molecule has 0 radical (unpaired) electrons. The van der Waals surface area contributed by atoms with Crippen LogP contribution in [0.5, 0.6) is 0 Å². The van der Waals surface area contributed by atoms with Crippen LogP contribution in [0.3, 0.4) is 0 Å². The van der Waals surface area contributed by atoms with E-state index in [1.165, 1.54) is 38.5 Å². The van der Waals surface area contributed by atoms with Gasteiger partial charge in [-0.05, 0) is 17.9 Å². The van der Waals surface area contributed by atoms with Gasteiger partial charge >= 0.3 is 23.1 Å². The van der Waals surface area contributed by atoms with Crippen molar-refractivity contribution in [3.63, 3.8) is 0 Å². The summed E-state index contributed by atoms with van der Waals surface area (Å²) in [4.78, 5) is 0.265. The third kappa shape index (κ3) is 7.55. The molecule has 0 saturated carbocycles. The van der Waals surface area contributed by atoms with E-state index in [0.29, 0.717) is 0 Å². The number of fused-ring (bicyclic) bond motifs is 1. The minimum absolute atomic E-state index is 0. The van der Waals surface area contributed by atoms with E-state index in [1.54, 1.807) is 12.1 Å². The Morgan fingerprint density at radius 1 is 0.808 bits per heavy atom. The van der Waals surface area contributed by atoms with Crippen molar-refractivity contribution in [2.45, 2.75) is 69.6 Å². The number of hydrogen-bond acceptors (Lipinski definition) is 3. The molecule has 142 valence electrons. The van der Waals surface area contributed by atoms with Crippen molar-refractivity contribution in [3.8, 4) is 0 Å². The van der Waals surface area contributed by atoms with Gasteiger partial charge in [-0.3, -0.25) is 4.18 Å². The molecule has 0 fully saturated rings. The normalized spacial score (nSPS) is 11.4. The molecular formula is C21H32MgO3S. The summed E-state index contributed by atoms with van der Waals surface area (Å²) in [5, 5.41) is 1.63. The van der Waals surface area contributed by atoms with Crippen molar-refractivity contribution >= 4 is 43.9 Å². The molecule has 0 unspecified atom stereocenters. The Morgan fingerprint density at radius 3 is 2.08 bits per heavy atom. The molecule has 0 aromatic heterocycles. The molecule has 0 atom stereocenters. The van der Waals surface area contributed by atoms with Gasteiger partial charge < -0.3 is 2.85 Å². The van der Waals surface area contributed by atoms with Crippen LogP contribution in [0.15, 0.2) is 47.4 Å². The van der Waals surface area contributed by atoms with Gasteiger partial charge in [0.1, 0.15) is 4.90 Å². The number of unbranched alkanes of at least 4 members (excludes halogenated alkanes) is 8. The second-order valence-corrected chi connectivity index (χ2v) is 8.17. The number of rotatable bonds is 12. The van der Waals surface area contributed by atoms with Gasteiger partial charge in [0.05, 0.1) is 6.61 Å². The largest absolute Gasteiger partial charge is 2.00 e. The Morgan fingerprint density at radius 2 is 1.38 bits per heavy atom. The van der Waals surface area contributed by atoms with Crippen molar-refractivity contribution in [3.05, 3.63) is 42.5 Å². The van der Waals surface area contributed by atoms with Crippen molar-refractivity contribution in [2.24, 2.45) is 0 Å². The summed E-state index contributed by atoms with van der Waals surface area (Å²) in [5.41, 5.74) is 0. The topological polar surface area (TPSA) is 43.4 Å². The van der Waals surface area contributed by atoms with Gasteiger partial charge in [0.15, 0.2) is 0 Å². The van der Waals surface area contributed by atoms with Crippen molar-refractivity contribution in [2.75, 3.05) is 6.61 Å². The maximum atomic E-state index is 12.5. The molecule has 3 nitrogen and oxygen atoms in total. The van der Waals surface area contributed by atoms with Gasteiger partial charge in [0.2, 0.25) is 0 Å².